The molecule has 0 fully saturated rings. The lowest BCUT2D eigenvalue weighted by molar-refractivity contribution is -0.126. The summed E-state index contributed by atoms with van der Waals surface area (Å²) in [7, 11) is 1.53. The number of hydrogen-bond acceptors (Lipinski definition) is 3. The second-order valence-electron chi connectivity index (χ2n) is 5.81. The maximum Gasteiger partial charge on any atom is 0.315 e. The third-order valence-corrected chi connectivity index (χ3v) is 4.00. The third kappa shape index (κ3) is 4.94. The van der Waals surface area contributed by atoms with Gasteiger partial charge in [0.25, 0.3) is 5.91 Å². The average molecular weight is 373 g/mol. The fourth-order valence-corrected chi connectivity index (χ4v) is 2.44. The molecule has 2 N–H and O–H groups in total. The Kier molecular flexibility index (Phi) is 6.71. The molecule has 2 aromatic carbocycles. The summed E-state index contributed by atoms with van der Waals surface area (Å²) in [6.45, 7) is 3.83. The van der Waals surface area contributed by atoms with E-state index in [4.69, 9.17) is 4.74 Å². The Labute approximate surface area is 156 Å². The van der Waals surface area contributed by atoms with Crippen LogP contribution in [-0.4, -0.2) is 24.5 Å². The summed E-state index contributed by atoms with van der Waals surface area (Å²) in [6.07, 6.45) is 0.666. The molecular formula is C21H21F2NO3. The van der Waals surface area contributed by atoms with Crippen molar-refractivity contribution in [3.8, 4) is 16.9 Å². The zero-order chi connectivity index (χ0) is 20.0. The number of amides is 1. The standard InChI is InChI=1S/C21H21F2NO3/c1-4-13(2)12-18(27-3)17-7-5-6-16(19(17)25)14-8-10-15(11-9-14)24-21(26)20(22)23/h4-12,20,25H,1-3H3,(H,24,26)/b13-4-,18-12-. The number of rotatable bonds is 6. The van der Waals surface area contributed by atoms with Crippen LogP contribution in [0.4, 0.5) is 14.5 Å². The molecule has 0 bridgehead atoms. The maximum absolute atomic E-state index is 12.3. The molecule has 0 aliphatic rings. The number of aromatic hydroxyl groups is 1. The van der Waals surface area contributed by atoms with Crippen molar-refractivity contribution in [2.24, 2.45) is 0 Å². The van der Waals surface area contributed by atoms with Crippen molar-refractivity contribution >= 4 is 17.4 Å². The van der Waals surface area contributed by atoms with E-state index in [0.717, 1.165) is 5.57 Å². The number of nitrogens with one attached hydrogen (secondary N) is 1. The van der Waals surface area contributed by atoms with Crippen LogP contribution in [0.15, 0.2) is 60.2 Å². The monoisotopic (exact) mass is 373 g/mol. The average Bonchev–Trinajstić information content (AvgIpc) is 2.67. The summed E-state index contributed by atoms with van der Waals surface area (Å²) in [5.74, 6) is -0.800. The van der Waals surface area contributed by atoms with Crippen LogP contribution < -0.4 is 5.32 Å². The first-order valence-corrected chi connectivity index (χ1v) is 8.27. The Morgan fingerprint density at radius 1 is 1.19 bits per heavy atom. The first-order valence-electron chi connectivity index (χ1n) is 8.27. The summed E-state index contributed by atoms with van der Waals surface area (Å²) >= 11 is 0. The van der Waals surface area contributed by atoms with Crippen molar-refractivity contribution in [2.45, 2.75) is 20.3 Å². The number of halogens is 2. The molecule has 0 radical (unpaired) electrons. The van der Waals surface area contributed by atoms with E-state index in [2.05, 4.69) is 5.32 Å². The highest BCUT2D eigenvalue weighted by Crippen LogP contribution is 2.36. The number of carbonyl (C=O) groups is 1. The number of ether oxygens (including phenoxy) is 1. The zero-order valence-electron chi connectivity index (χ0n) is 15.3. The van der Waals surface area contributed by atoms with Crippen LogP contribution in [0.1, 0.15) is 19.4 Å². The Balaban J connectivity index is 2.37. The Bertz CT molecular complexity index is 871. The van der Waals surface area contributed by atoms with Crippen molar-refractivity contribution in [3.63, 3.8) is 0 Å². The minimum Gasteiger partial charge on any atom is -0.507 e. The summed E-state index contributed by atoms with van der Waals surface area (Å²) in [5, 5.41) is 12.8. The molecule has 0 saturated carbocycles. The van der Waals surface area contributed by atoms with Crippen molar-refractivity contribution in [3.05, 3.63) is 65.8 Å². The number of phenols is 1. The summed E-state index contributed by atoms with van der Waals surface area (Å²) in [4.78, 5) is 11.1. The number of hydrogen-bond donors (Lipinski definition) is 2. The first kappa shape index (κ1) is 20.2. The van der Waals surface area contributed by atoms with Crippen LogP contribution in [0.25, 0.3) is 16.9 Å². The van der Waals surface area contributed by atoms with Crippen LogP contribution in [0.2, 0.25) is 0 Å². The van der Waals surface area contributed by atoms with E-state index in [0.29, 0.717) is 22.4 Å². The fraction of sp³-hybridized carbons (Fsp3) is 0.190. The van der Waals surface area contributed by atoms with Gasteiger partial charge < -0.3 is 15.2 Å². The minimum atomic E-state index is -3.08. The summed E-state index contributed by atoms with van der Waals surface area (Å²) in [5.41, 5.74) is 2.99. The normalized spacial score (nSPS) is 12.2. The summed E-state index contributed by atoms with van der Waals surface area (Å²) in [6, 6.07) is 11.5. The number of allylic oxidation sites excluding steroid dienone is 3. The molecule has 27 heavy (non-hydrogen) atoms. The molecule has 1 amide bonds. The van der Waals surface area contributed by atoms with E-state index >= 15 is 0 Å². The molecular weight excluding hydrogens is 352 g/mol. The van der Waals surface area contributed by atoms with Crippen molar-refractivity contribution in [1.29, 1.82) is 0 Å². The number of carbonyl (C=O) groups excluding carboxylic acids is 1. The molecule has 142 valence electrons. The molecule has 0 atom stereocenters. The van der Waals surface area contributed by atoms with Crippen LogP contribution in [-0.2, 0) is 9.53 Å². The van der Waals surface area contributed by atoms with Gasteiger partial charge in [0.2, 0.25) is 0 Å². The quantitative estimate of drug-likeness (QED) is 0.539. The lowest BCUT2D eigenvalue weighted by Gasteiger charge is -2.13. The van der Waals surface area contributed by atoms with Gasteiger partial charge >= 0.3 is 6.43 Å². The predicted octanol–water partition coefficient (Wildman–Crippen LogP) is 5.22. The molecule has 0 aromatic heterocycles. The number of benzene rings is 2. The molecule has 6 heteroatoms. The Morgan fingerprint density at radius 3 is 2.41 bits per heavy atom. The second-order valence-corrected chi connectivity index (χ2v) is 5.81. The Hall–Kier alpha value is -3.15. The number of alkyl halides is 2. The van der Waals surface area contributed by atoms with E-state index in [9.17, 15) is 18.7 Å². The highest BCUT2D eigenvalue weighted by molar-refractivity contribution is 5.93. The lowest BCUT2D eigenvalue weighted by atomic mass is 9.99. The molecule has 2 rings (SSSR count). The first-order chi connectivity index (χ1) is 12.9. The van der Waals surface area contributed by atoms with Gasteiger partial charge in [0.1, 0.15) is 11.5 Å². The minimum absolute atomic E-state index is 0.0406. The van der Waals surface area contributed by atoms with E-state index < -0.39 is 12.3 Å². The number of phenolic OH excluding ortho intramolecular Hbond substituents is 1. The van der Waals surface area contributed by atoms with Crippen molar-refractivity contribution < 1.29 is 23.4 Å². The lowest BCUT2D eigenvalue weighted by Crippen LogP contribution is -2.19. The number of anilines is 1. The van der Waals surface area contributed by atoms with E-state index in [1.165, 1.54) is 19.2 Å². The topological polar surface area (TPSA) is 58.6 Å². The van der Waals surface area contributed by atoms with Crippen molar-refractivity contribution in [1.82, 2.24) is 0 Å². The molecule has 0 aliphatic heterocycles. The number of methoxy groups -OCH3 is 1. The van der Waals surface area contributed by atoms with Gasteiger partial charge in [0.05, 0.1) is 12.7 Å². The summed E-state index contributed by atoms with van der Waals surface area (Å²) < 4.78 is 30.0. The van der Waals surface area contributed by atoms with E-state index in [1.807, 2.05) is 26.0 Å². The SMILES string of the molecule is C/C=C(C)\C=C(/OC)c1cccc(-c2ccc(NC(=O)C(F)F)cc2)c1O. The predicted molar refractivity (Wildman–Crippen MR) is 103 cm³/mol. The zero-order valence-corrected chi connectivity index (χ0v) is 15.3. The third-order valence-electron chi connectivity index (χ3n) is 4.00. The highest BCUT2D eigenvalue weighted by Gasteiger charge is 2.16. The van der Waals surface area contributed by atoms with Gasteiger partial charge in [-0.05, 0) is 43.7 Å². The molecule has 0 saturated heterocycles. The Morgan fingerprint density at radius 2 is 1.85 bits per heavy atom. The van der Waals surface area contributed by atoms with Gasteiger partial charge in [-0.3, -0.25) is 4.79 Å². The molecule has 0 heterocycles. The second kappa shape index (κ2) is 8.98. The molecule has 0 spiro atoms. The van der Waals surface area contributed by atoms with Gasteiger partial charge in [-0.25, -0.2) is 0 Å². The van der Waals surface area contributed by atoms with Gasteiger partial charge in [-0.2, -0.15) is 8.78 Å². The highest BCUT2D eigenvalue weighted by atomic mass is 19.3. The molecule has 2 aromatic rings. The van der Waals surface area contributed by atoms with E-state index in [1.54, 1.807) is 30.3 Å². The number of para-hydroxylation sites is 1. The van der Waals surface area contributed by atoms with Crippen LogP contribution in [0.5, 0.6) is 5.75 Å². The van der Waals surface area contributed by atoms with E-state index in [-0.39, 0.29) is 11.4 Å². The smallest absolute Gasteiger partial charge is 0.315 e. The fourth-order valence-electron chi connectivity index (χ4n) is 2.44. The van der Waals surface area contributed by atoms with Crippen molar-refractivity contribution in [2.75, 3.05) is 12.4 Å². The maximum atomic E-state index is 12.3. The van der Waals surface area contributed by atoms with Crippen LogP contribution in [0.3, 0.4) is 0 Å². The van der Waals surface area contributed by atoms with Gasteiger partial charge in [0, 0.05) is 11.3 Å². The molecule has 4 nitrogen and oxygen atoms in total. The van der Waals surface area contributed by atoms with Crippen LogP contribution in [0, 0.1) is 0 Å². The largest absolute Gasteiger partial charge is 0.507 e. The molecule has 0 unspecified atom stereocenters. The molecule has 0 aliphatic carbocycles. The van der Waals surface area contributed by atoms with Gasteiger partial charge in [0.15, 0.2) is 0 Å². The van der Waals surface area contributed by atoms with Crippen LogP contribution >= 0.6 is 0 Å². The van der Waals surface area contributed by atoms with Gasteiger partial charge in [-0.15, -0.1) is 0 Å². The van der Waals surface area contributed by atoms with Gasteiger partial charge in [-0.1, -0.05) is 35.9 Å².